The van der Waals surface area contributed by atoms with Gasteiger partial charge in [0.2, 0.25) is 13.4 Å². The number of hydrogen-bond acceptors (Lipinski definition) is 8. The van der Waals surface area contributed by atoms with E-state index in [0.717, 1.165) is 101 Å². The molecule has 0 radical (unpaired) electrons. The van der Waals surface area contributed by atoms with Gasteiger partial charge < -0.3 is 28.1 Å². The number of hydrogen-bond donors (Lipinski definition) is 0. The van der Waals surface area contributed by atoms with E-state index < -0.39 is 0 Å². The summed E-state index contributed by atoms with van der Waals surface area (Å²) in [5.74, 6) is 3.02. The summed E-state index contributed by atoms with van der Waals surface area (Å²) < 4.78 is 27.1. The Labute approximate surface area is 446 Å². The standard InChI is InChI=1S/C66H38B2N2O4S2/c1-5-17-39(18-6-1)69-53-27-15-13-25-49(53)67-51-37-52-58(38-57(51)75-59-35-47-45-31-29-43(71-41-21-9-3-10-22-41)33-55(45)73-65(47)63(69)61(59)67)76-60-36-48-46-32-30-44(72-42-23-11-4-12-24-42)34-56(46)74-66(48)64-62(60)68(52)50-26-14-16-28-54(50)70(64)40-19-7-2-8-20-40/h1-38H. The molecule has 6 heterocycles. The first-order chi connectivity index (χ1) is 37.7. The van der Waals surface area contributed by atoms with Gasteiger partial charge >= 0.3 is 0 Å². The van der Waals surface area contributed by atoms with Crippen LogP contribution >= 0.6 is 23.5 Å². The van der Waals surface area contributed by atoms with E-state index in [4.69, 9.17) is 18.3 Å². The second kappa shape index (κ2) is 16.3. The number of fused-ring (bicyclic) bond motifs is 16. The van der Waals surface area contributed by atoms with Crippen LogP contribution in [-0.2, 0) is 0 Å². The molecule has 76 heavy (non-hydrogen) atoms. The Kier molecular flexibility index (Phi) is 9.08. The minimum Gasteiger partial charge on any atom is -0.457 e. The first-order valence-corrected chi connectivity index (χ1v) is 27.2. The van der Waals surface area contributed by atoms with Crippen molar-refractivity contribution in [2.24, 2.45) is 0 Å². The van der Waals surface area contributed by atoms with Gasteiger partial charge in [-0.3, -0.25) is 0 Å². The van der Waals surface area contributed by atoms with Crippen LogP contribution in [0.2, 0.25) is 0 Å². The minimum absolute atomic E-state index is 0.0760. The van der Waals surface area contributed by atoms with Gasteiger partial charge in [-0.2, -0.15) is 0 Å². The summed E-state index contributed by atoms with van der Waals surface area (Å²) in [6, 6.07) is 81.6. The normalized spacial score (nSPS) is 13.6. The van der Waals surface area contributed by atoms with Crippen LogP contribution in [0.25, 0.3) is 43.9 Å². The van der Waals surface area contributed by atoms with Crippen molar-refractivity contribution < 1.29 is 18.3 Å². The molecule has 11 aromatic carbocycles. The Morgan fingerprint density at radius 1 is 0.329 bits per heavy atom. The predicted molar refractivity (Wildman–Crippen MR) is 314 cm³/mol. The number of nitrogens with zero attached hydrogens (tertiary/aromatic N) is 2. The van der Waals surface area contributed by atoms with Crippen LogP contribution < -0.4 is 52.1 Å². The fraction of sp³-hybridized carbons (Fsp3) is 0. The fourth-order valence-corrected chi connectivity index (χ4v) is 15.0. The van der Waals surface area contributed by atoms with E-state index in [1.807, 2.05) is 96.3 Å². The average Bonchev–Trinajstić information content (AvgIpc) is 4.03. The van der Waals surface area contributed by atoms with Gasteiger partial charge in [0, 0.05) is 76.0 Å². The number of ether oxygens (including phenoxy) is 2. The van der Waals surface area contributed by atoms with Crippen LogP contribution in [0.5, 0.6) is 23.0 Å². The molecule has 0 atom stereocenters. The van der Waals surface area contributed by atoms with Gasteiger partial charge in [0.25, 0.3) is 0 Å². The lowest BCUT2D eigenvalue weighted by Gasteiger charge is -2.42. The maximum absolute atomic E-state index is 7.16. The largest absolute Gasteiger partial charge is 0.457 e. The Bertz CT molecular complexity index is 4280. The number of para-hydroxylation sites is 6. The molecule has 0 fully saturated rings. The smallest absolute Gasteiger partial charge is 0.249 e. The molecular formula is C66H38B2N2O4S2. The maximum Gasteiger partial charge on any atom is 0.249 e. The van der Waals surface area contributed by atoms with Crippen molar-refractivity contribution in [3.8, 4) is 23.0 Å². The molecule has 0 spiro atoms. The molecule has 4 aliphatic rings. The van der Waals surface area contributed by atoms with Gasteiger partial charge in [-0.15, -0.1) is 0 Å². The van der Waals surface area contributed by atoms with Gasteiger partial charge in [-0.25, -0.2) is 0 Å². The quantitative estimate of drug-likeness (QED) is 0.153. The third-order valence-corrected chi connectivity index (χ3v) is 17.9. The van der Waals surface area contributed by atoms with Crippen molar-refractivity contribution in [1.29, 1.82) is 0 Å². The highest BCUT2D eigenvalue weighted by atomic mass is 32.2. The Balaban J connectivity index is 0.892. The summed E-state index contributed by atoms with van der Waals surface area (Å²) in [4.78, 5) is 9.86. The second-order valence-electron chi connectivity index (χ2n) is 19.8. The molecule has 0 aliphatic carbocycles. The lowest BCUT2D eigenvalue weighted by atomic mass is 9.31. The van der Waals surface area contributed by atoms with E-state index in [2.05, 4.69) is 168 Å². The highest BCUT2D eigenvalue weighted by molar-refractivity contribution is 8.01. The van der Waals surface area contributed by atoms with Crippen LogP contribution in [-0.4, -0.2) is 13.4 Å². The number of benzene rings is 11. The predicted octanol–water partition coefficient (Wildman–Crippen LogP) is 14.6. The molecule has 0 unspecified atom stereocenters. The highest BCUT2D eigenvalue weighted by Crippen LogP contribution is 2.51. The summed E-state index contributed by atoms with van der Waals surface area (Å²) in [7, 11) is 0. The third kappa shape index (κ3) is 6.22. The van der Waals surface area contributed by atoms with Crippen LogP contribution in [0.15, 0.2) is 259 Å². The van der Waals surface area contributed by atoms with E-state index in [9.17, 15) is 0 Å². The molecule has 13 aromatic rings. The lowest BCUT2D eigenvalue weighted by Crippen LogP contribution is -2.63. The summed E-state index contributed by atoms with van der Waals surface area (Å²) in [6.07, 6.45) is 0. The lowest BCUT2D eigenvalue weighted by molar-refractivity contribution is 0.482. The molecule has 0 saturated heterocycles. The topological polar surface area (TPSA) is 51.2 Å². The molecule has 0 N–H and O–H groups in total. The van der Waals surface area contributed by atoms with Crippen LogP contribution in [0.4, 0.5) is 34.1 Å². The molecule has 354 valence electrons. The highest BCUT2D eigenvalue weighted by Gasteiger charge is 2.47. The monoisotopic (exact) mass is 1010 g/mol. The van der Waals surface area contributed by atoms with Crippen LogP contribution in [0, 0.1) is 0 Å². The Hall–Kier alpha value is -8.95. The van der Waals surface area contributed by atoms with E-state index in [1.165, 1.54) is 52.4 Å². The van der Waals surface area contributed by atoms with E-state index in [0.29, 0.717) is 0 Å². The zero-order valence-electron chi connectivity index (χ0n) is 40.4. The first-order valence-electron chi connectivity index (χ1n) is 25.6. The average molecular weight is 1010 g/mol. The van der Waals surface area contributed by atoms with Crippen molar-refractivity contribution >= 4 is 148 Å². The molecule has 4 aliphatic heterocycles. The number of anilines is 6. The van der Waals surface area contributed by atoms with Crippen molar-refractivity contribution in [3.05, 3.63) is 231 Å². The molecule has 0 saturated carbocycles. The summed E-state index contributed by atoms with van der Waals surface area (Å²) in [5, 5.41) is 4.26. The maximum atomic E-state index is 7.16. The van der Waals surface area contributed by atoms with Crippen molar-refractivity contribution in [2.75, 3.05) is 9.80 Å². The number of rotatable bonds is 6. The Morgan fingerprint density at radius 2 is 0.737 bits per heavy atom. The van der Waals surface area contributed by atoms with Crippen molar-refractivity contribution in [2.45, 2.75) is 19.6 Å². The zero-order chi connectivity index (χ0) is 49.6. The summed E-state index contributed by atoms with van der Waals surface area (Å²) in [5.41, 5.74) is 17.5. The molecule has 6 nitrogen and oxygen atoms in total. The van der Waals surface area contributed by atoms with Crippen LogP contribution in [0.1, 0.15) is 0 Å². The van der Waals surface area contributed by atoms with Gasteiger partial charge in [-0.1, -0.05) is 150 Å². The molecule has 2 aromatic heterocycles. The molecule has 0 bridgehead atoms. The van der Waals surface area contributed by atoms with Gasteiger partial charge in [0.05, 0.1) is 11.4 Å². The zero-order valence-corrected chi connectivity index (χ0v) is 42.1. The third-order valence-electron chi connectivity index (χ3n) is 15.6. The number of furan rings is 2. The molecule has 17 rings (SSSR count). The van der Waals surface area contributed by atoms with Gasteiger partial charge in [0.15, 0.2) is 11.2 Å². The molecular weight excluding hydrogens is 970 g/mol. The van der Waals surface area contributed by atoms with Gasteiger partial charge in [-0.05, 0) is 125 Å². The molecule has 10 heteroatoms. The van der Waals surface area contributed by atoms with E-state index in [-0.39, 0.29) is 13.4 Å². The minimum atomic E-state index is -0.0760. The van der Waals surface area contributed by atoms with E-state index >= 15 is 0 Å². The first kappa shape index (κ1) is 42.4. The Morgan fingerprint density at radius 3 is 1.18 bits per heavy atom. The van der Waals surface area contributed by atoms with E-state index in [1.54, 1.807) is 0 Å². The fourth-order valence-electron chi connectivity index (χ4n) is 12.5. The van der Waals surface area contributed by atoms with Crippen molar-refractivity contribution in [1.82, 2.24) is 0 Å². The molecule has 0 amide bonds. The van der Waals surface area contributed by atoms with Gasteiger partial charge in [0.1, 0.15) is 34.2 Å². The summed E-state index contributed by atoms with van der Waals surface area (Å²) >= 11 is 3.77. The second-order valence-corrected chi connectivity index (χ2v) is 22.0. The summed E-state index contributed by atoms with van der Waals surface area (Å²) in [6.45, 7) is -0.152. The SMILES string of the molecule is c1ccc(Oc2ccc3c(c2)oc2c4c5c(cc23)Sc2cc3c(cc2B5c2ccccc2N4c2ccccc2)B2c4ccccc4N(c4ccccc4)c4c2c(cc2c4oc4cc(Oc5ccccc5)ccc42)S3)cc1. The van der Waals surface area contributed by atoms with Crippen LogP contribution in [0.3, 0.4) is 0 Å². The van der Waals surface area contributed by atoms with Crippen molar-refractivity contribution in [3.63, 3.8) is 0 Å².